The molecule has 6 nitrogen and oxygen atoms in total. The van der Waals surface area contributed by atoms with Crippen LogP contribution in [-0.2, 0) is 15.8 Å². The van der Waals surface area contributed by atoms with E-state index in [1.165, 1.54) is 17.3 Å². The molecule has 0 bridgehead atoms. The number of terminal acetylenes is 1. The molecule has 248 valence electrons. The smallest absolute Gasteiger partial charge is 0.290 e. The van der Waals surface area contributed by atoms with E-state index in [0.717, 1.165) is 78.8 Å². The van der Waals surface area contributed by atoms with Crippen molar-refractivity contribution in [1.82, 2.24) is 9.29 Å². The van der Waals surface area contributed by atoms with E-state index in [1.54, 1.807) is 12.3 Å². The molecule has 0 spiro atoms. The predicted octanol–water partition coefficient (Wildman–Crippen LogP) is 9.04. The van der Waals surface area contributed by atoms with Crippen molar-refractivity contribution in [2.75, 3.05) is 13.4 Å². The van der Waals surface area contributed by atoms with Gasteiger partial charge in [-0.15, -0.1) is 12.8 Å². The molecule has 0 radical (unpaired) electrons. The summed E-state index contributed by atoms with van der Waals surface area (Å²) in [6.45, 7) is 23.8. The number of carboxylic acid groups (broad SMARTS) is 1. The number of nitrogens with zero attached hydrogens (tertiary/aromatic N) is 2. The largest absolute Gasteiger partial charge is 0.483 e. The molecule has 0 saturated heterocycles. The van der Waals surface area contributed by atoms with Crippen LogP contribution < -0.4 is 0 Å². The van der Waals surface area contributed by atoms with Gasteiger partial charge in [0.25, 0.3) is 6.47 Å². The first kappa shape index (κ1) is 43.1. The second-order valence-electron chi connectivity index (χ2n) is 12.1. The van der Waals surface area contributed by atoms with Gasteiger partial charge in [0.15, 0.2) is 0 Å². The summed E-state index contributed by atoms with van der Waals surface area (Å²) >= 11 is 0. The summed E-state index contributed by atoms with van der Waals surface area (Å²) in [7, 11) is -0.269. The van der Waals surface area contributed by atoms with Crippen molar-refractivity contribution >= 4 is 23.0 Å². The van der Waals surface area contributed by atoms with Crippen molar-refractivity contribution in [3.63, 3.8) is 0 Å². The Bertz CT molecular complexity index is 1210. The van der Waals surface area contributed by atoms with Crippen molar-refractivity contribution < 1.29 is 23.6 Å². The molecule has 8 heteroatoms. The Balaban J connectivity index is 0. The van der Waals surface area contributed by atoms with E-state index < -0.39 is 11.0 Å². The lowest BCUT2D eigenvalue weighted by atomic mass is 9.75. The van der Waals surface area contributed by atoms with Crippen molar-refractivity contribution in [3.05, 3.63) is 70.0 Å². The molecule has 0 saturated carbocycles. The minimum atomic E-state index is -1.27. The molecule has 2 N–H and O–H groups in total. The molecule has 1 aromatic rings. The highest BCUT2D eigenvalue weighted by Gasteiger charge is 2.38. The fraction of sp³-hybridized carbons (Fsp3) is 0.556. The number of aromatic nitrogens is 1. The Labute approximate surface area is 269 Å². The lowest BCUT2D eigenvalue weighted by Crippen LogP contribution is -2.36. The first-order valence-electron chi connectivity index (χ1n) is 15.1. The van der Waals surface area contributed by atoms with Gasteiger partial charge in [0.05, 0.1) is 23.6 Å². The van der Waals surface area contributed by atoms with E-state index >= 15 is 0 Å². The summed E-state index contributed by atoms with van der Waals surface area (Å²) in [6.07, 6.45) is 19.1. The van der Waals surface area contributed by atoms with Crippen molar-refractivity contribution in [2.24, 2.45) is 11.3 Å². The monoisotopic (exact) mass is 632 g/mol. The van der Waals surface area contributed by atoms with Gasteiger partial charge in [-0.2, -0.15) is 0 Å². The Morgan fingerprint density at radius 3 is 2.18 bits per heavy atom. The molecule has 1 aromatic heterocycles. The zero-order chi connectivity index (χ0) is 34.8. The first-order valence-corrected chi connectivity index (χ1v) is 16.6. The van der Waals surface area contributed by atoms with E-state index in [1.807, 2.05) is 4.31 Å². The molecule has 0 fully saturated rings. The highest BCUT2D eigenvalue weighted by molar-refractivity contribution is 7.82. The molecule has 1 unspecified atom stereocenters. The van der Waals surface area contributed by atoms with Gasteiger partial charge < -0.3 is 10.2 Å². The maximum Gasteiger partial charge on any atom is 0.290 e. The summed E-state index contributed by atoms with van der Waals surface area (Å²) in [4.78, 5) is 13.0. The first-order chi connectivity index (χ1) is 20.7. The van der Waals surface area contributed by atoms with E-state index in [4.69, 9.17) is 15.0 Å². The fourth-order valence-corrected chi connectivity index (χ4v) is 6.23. The quantitative estimate of drug-likeness (QED) is 0.241. The SMILES string of the molecule is C#C.C=C(C1=CCC(C)(C)CC1)/C(C)=C1\C(=C(\C)CCC)N(S(C)=O)[C@@H](CC)c2cc(F)cnc21.CC(C)C.CO.O=CO. The summed E-state index contributed by atoms with van der Waals surface area (Å²) in [5.74, 6) is 0.472. The van der Waals surface area contributed by atoms with Crippen LogP contribution in [0, 0.1) is 30.0 Å². The molecule has 0 amide bonds. The molecule has 3 rings (SSSR count). The lowest BCUT2D eigenvalue weighted by Gasteiger charge is -2.41. The lowest BCUT2D eigenvalue weighted by molar-refractivity contribution is -0.122. The number of hydrogen-bond donors (Lipinski definition) is 2. The third-order valence-corrected chi connectivity index (χ3v) is 8.09. The van der Waals surface area contributed by atoms with Gasteiger partial charge in [-0.05, 0) is 85.6 Å². The normalized spacial score (nSPS) is 19.3. The Hall–Kier alpha value is -3.02. The van der Waals surface area contributed by atoms with Gasteiger partial charge in [-0.3, -0.25) is 14.1 Å². The molecular formula is C36H57FN2O4S. The van der Waals surface area contributed by atoms with Crippen LogP contribution in [0.25, 0.3) is 5.57 Å². The van der Waals surface area contributed by atoms with Gasteiger partial charge in [-0.1, -0.05) is 67.5 Å². The molecule has 2 heterocycles. The van der Waals surface area contributed by atoms with Gasteiger partial charge in [0.1, 0.15) is 16.8 Å². The average Bonchev–Trinajstić information content (AvgIpc) is 2.97. The van der Waals surface area contributed by atoms with Crippen LogP contribution in [-0.4, -0.2) is 43.5 Å². The van der Waals surface area contributed by atoms with Crippen LogP contribution in [0.1, 0.15) is 118 Å². The Kier molecular flexibility index (Phi) is 21.2. The third-order valence-electron chi connectivity index (χ3n) is 7.10. The van der Waals surface area contributed by atoms with Crippen LogP contribution in [0.2, 0.25) is 0 Å². The van der Waals surface area contributed by atoms with E-state index in [9.17, 15) is 8.60 Å². The number of pyridine rings is 1. The molecule has 2 atom stereocenters. The third kappa shape index (κ3) is 12.5. The number of aliphatic hydroxyl groups excluding tert-OH is 1. The standard InChI is InChI=1S/C28H39FN2OS.C4H10.C2H2.CH2O2.CH4O/c1-9-11-18(3)27-25(20(5)19(4)21-12-14-28(6,7)15-13-21)26-23(16-22(29)17-30-26)24(10-2)31(27)33(8)32;1-4(2)3;1-2;2-1-3;1-2/h12,16-17,24H,4,9-11,13-15H2,1-3,5-8H3;4H,1-3H3;1-2H;1H,(H,2,3);2H,1H3/b25-20-,27-18+;;;;/t24-,33?;;;;/m0..../s1. The fourth-order valence-electron chi connectivity index (χ4n) is 5.11. The molecule has 1 aliphatic heterocycles. The van der Waals surface area contributed by atoms with Crippen LogP contribution >= 0.6 is 0 Å². The zero-order valence-electron chi connectivity index (χ0n) is 29.0. The Morgan fingerprint density at radius 2 is 1.77 bits per heavy atom. The van der Waals surface area contributed by atoms with E-state index in [2.05, 4.69) is 92.8 Å². The molecule has 1 aliphatic carbocycles. The van der Waals surface area contributed by atoms with E-state index in [-0.39, 0.29) is 18.3 Å². The van der Waals surface area contributed by atoms with Crippen LogP contribution in [0.15, 0.2) is 52.9 Å². The van der Waals surface area contributed by atoms with Crippen molar-refractivity contribution in [1.29, 1.82) is 0 Å². The number of halogens is 1. The second-order valence-corrected chi connectivity index (χ2v) is 13.3. The summed E-state index contributed by atoms with van der Waals surface area (Å²) in [5.41, 5.74) is 8.36. The molecular weight excluding hydrogens is 575 g/mol. The average molecular weight is 633 g/mol. The van der Waals surface area contributed by atoms with Gasteiger partial charge in [0.2, 0.25) is 0 Å². The van der Waals surface area contributed by atoms with Gasteiger partial charge >= 0.3 is 0 Å². The number of allylic oxidation sites excluding steroid dienone is 6. The van der Waals surface area contributed by atoms with Crippen molar-refractivity contribution in [3.8, 4) is 12.8 Å². The highest BCUT2D eigenvalue weighted by Crippen LogP contribution is 2.48. The van der Waals surface area contributed by atoms with Gasteiger partial charge in [0, 0.05) is 24.5 Å². The Morgan fingerprint density at radius 1 is 1.25 bits per heavy atom. The molecule has 0 aromatic carbocycles. The molecule has 44 heavy (non-hydrogen) atoms. The summed E-state index contributed by atoms with van der Waals surface area (Å²) < 4.78 is 29.5. The number of aliphatic hydroxyl groups is 1. The second kappa shape index (κ2) is 21.6. The predicted molar refractivity (Wildman–Crippen MR) is 185 cm³/mol. The van der Waals surface area contributed by atoms with Crippen LogP contribution in [0.5, 0.6) is 0 Å². The minimum absolute atomic E-state index is 0.185. The number of carbonyl (C=O) groups is 1. The zero-order valence-corrected chi connectivity index (χ0v) is 29.8. The van der Waals surface area contributed by atoms with Crippen LogP contribution in [0.4, 0.5) is 4.39 Å². The number of rotatable bonds is 6. The topological polar surface area (TPSA) is 90.7 Å². The summed E-state index contributed by atoms with van der Waals surface area (Å²) in [5, 5.41) is 13.9. The maximum absolute atomic E-state index is 14.3. The maximum atomic E-state index is 14.3. The molecule has 2 aliphatic rings. The van der Waals surface area contributed by atoms with E-state index in [0.29, 0.717) is 11.8 Å². The van der Waals surface area contributed by atoms with Gasteiger partial charge in [-0.25, -0.2) is 8.60 Å². The van der Waals surface area contributed by atoms with Crippen LogP contribution in [0.3, 0.4) is 0 Å². The summed E-state index contributed by atoms with van der Waals surface area (Å²) in [6, 6.07) is 1.39. The number of hydrogen-bond acceptors (Lipinski definition) is 4. The van der Waals surface area contributed by atoms with Crippen molar-refractivity contribution in [2.45, 2.75) is 107 Å². The highest BCUT2D eigenvalue weighted by atomic mass is 32.2. The number of fused-ring (bicyclic) bond motifs is 1. The minimum Gasteiger partial charge on any atom is -0.483 e.